The molecule has 0 aliphatic rings. The predicted octanol–water partition coefficient (Wildman–Crippen LogP) is 2.91. The smallest absolute Gasteiger partial charge is 0.253 e. The van der Waals surface area contributed by atoms with Crippen molar-refractivity contribution in [1.29, 1.82) is 0 Å². The molecule has 0 aliphatic heterocycles. The maximum atomic E-state index is 12.4. The lowest BCUT2D eigenvalue weighted by Crippen LogP contribution is -2.29. The van der Waals surface area contributed by atoms with Crippen LogP contribution in [0.4, 0.5) is 5.69 Å². The number of amides is 2. The second-order valence-corrected chi connectivity index (χ2v) is 7.41. The standard InChI is InChI=1S/C20H25N3O3/c1-12-9-13(2)22-18(25)16(12)11-21-17(24)14-7-6-8-15(10-14)23-19(26)20(3,4)5/h6-10H,11H2,1-5H3,(H,21,24)(H,22,25)(H,23,26). The number of benzene rings is 1. The molecule has 2 aromatic rings. The second kappa shape index (κ2) is 7.56. The van der Waals surface area contributed by atoms with Crippen LogP contribution in [0.3, 0.4) is 0 Å². The van der Waals surface area contributed by atoms with Crippen molar-refractivity contribution < 1.29 is 9.59 Å². The third-order valence-corrected chi connectivity index (χ3v) is 3.98. The number of aryl methyl sites for hydroxylation is 2. The molecule has 138 valence electrons. The van der Waals surface area contributed by atoms with Gasteiger partial charge < -0.3 is 15.6 Å². The van der Waals surface area contributed by atoms with Crippen molar-refractivity contribution in [2.75, 3.05) is 5.32 Å². The van der Waals surface area contributed by atoms with Crippen LogP contribution in [0.5, 0.6) is 0 Å². The highest BCUT2D eigenvalue weighted by Crippen LogP contribution is 2.18. The highest BCUT2D eigenvalue weighted by Gasteiger charge is 2.21. The number of aromatic nitrogens is 1. The maximum absolute atomic E-state index is 12.4. The van der Waals surface area contributed by atoms with Gasteiger partial charge in [0, 0.05) is 34.5 Å². The van der Waals surface area contributed by atoms with Crippen LogP contribution in [0.25, 0.3) is 0 Å². The molecule has 0 radical (unpaired) electrons. The normalized spacial score (nSPS) is 11.1. The summed E-state index contributed by atoms with van der Waals surface area (Å²) in [6, 6.07) is 8.58. The van der Waals surface area contributed by atoms with Crippen LogP contribution in [0, 0.1) is 19.3 Å². The van der Waals surface area contributed by atoms with Crippen molar-refractivity contribution in [3.05, 3.63) is 63.1 Å². The van der Waals surface area contributed by atoms with E-state index in [1.54, 1.807) is 24.3 Å². The van der Waals surface area contributed by atoms with Crippen molar-refractivity contribution in [3.63, 3.8) is 0 Å². The van der Waals surface area contributed by atoms with Gasteiger partial charge in [-0.1, -0.05) is 26.8 Å². The summed E-state index contributed by atoms with van der Waals surface area (Å²) in [5, 5.41) is 5.56. The van der Waals surface area contributed by atoms with Crippen LogP contribution < -0.4 is 16.2 Å². The van der Waals surface area contributed by atoms with Crippen LogP contribution in [0.2, 0.25) is 0 Å². The zero-order chi connectivity index (χ0) is 19.5. The summed E-state index contributed by atoms with van der Waals surface area (Å²) in [5.41, 5.74) is 2.39. The van der Waals surface area contributed by atoms with Gasteiger partial charge in [-0.3, -0.25) is 14.4 Å². The Morgan fingerprint density at radius 1 is 1.12 bits per heavy atom. The van der Waals surface area contributed by atoms with E-state index in [2.05, 4.69) is 15.6 Å². The van der Waals surface area contributed by atoms with E-state index in [4.69, 9.17) is 0 Å². The SMILES string of the molecule is Cc1cc(C)c(CNC(=O)c2cccc(NC(=O)C(C)(C)C)c2)c(=O)[nH]1. The molecule has 0 aliphatic carbocycles. The van der Waals surface area contributed by atoms with Crippen molar-refractivity contribution in [2.45, 2.75) is 41.2 Å². The van der Waals surface area contributed by atoms with Crippen LogP contribution in [-0.2, 0) is 11.3 Å². The highest BCUT2D eigenvalue weighted by atomic mass is 16.2. The number of carbonyl (C=O) groups excluding carboxylic acids is 2. The van der Waals surface area contributed by atoms with Gasteiger partial charge in [0.1, 0.15) is 0 Å². The molecule has 0 saturated carbocycles. The van der Waals surface area contributed by atoms with Crippen molar-refractivity contribution in [3.8, 4) is 0 Å². The lowest BCUT2D eigenvalue weighted by molar-refractivity contribution is -0.123. The van der Waals surface area contributed by atoms with E-state index in [0.717, 1.165) is 11.3 Å². The first-order valence-electron chi connectivity index (χ1n) is 8.47. The fourth-order valence-corrected chi connectivity index (χ4v) is 2.43. The lowest BCUT2D eigenvalue weighted by atomic mass is 9.95. The Hall–Kier alpha value is -2.89. The first-order chi connectivity index (χ1) is 12.1. The third-order valence-electron chi connectivity index (χ3n) is 3.98. The molecule has 1 heterocycles. The zero-order valence-electron chi connectivity index (χ0n) is 15.8. The first-order valence-corrected chi connectivity index (χ1v) is 8.47. The second-order valence-electron chi connectivity index (χ2n) is 7.41. The summed E-state index contributed by atoms with van der Waals surface area (Å²) in [5.74, 6) is -0.437. The molecule has 6 heteroatoms. The molecule has 2 amide bonds. The third kappa shape index (κ3) is 4.81. The summed E-state index contributed by atoms with van der Waals surface area (Å²) in [6.07, 6.45) is 0. The molecule has 0 fully saturated rings. The van der Waals surface area contributed by atoms with Crippen molar-refractivity contribution in [1.82, 2.24) is 10.3 Å². The summed E-state index contributed by atoms with van der Waals surface area (Å²) in [7, 11) is 0. The predicted molar refractivity (Wildman–Crippen MR) is 102 cm³/mol. The maximum Gasteiger partial charge on any atom is 0.253 e. The van der Waals surface area contributed by atoms with E-state index >= 15 is 0 Å². The molecule has 0 bridgehead atoms. The number of nitrogens with one attached hydrogen (secondary N) is 3. The zero-order valence-corrected chi connectivity index (χ0v) is 15.8. The fourth-order valence-electron chi connectivity index (χ4n) is 2.43. The van der Waals surface area contributed by atoms with E-state index in [-0.39, 0.29) is 23.9 Å². The number of hydrogen-bond donors (Lipinski definition) is 3. The molecule has 2 rings (SSSR count). The number of anilines is 1. The molecule has 1 aromatic heterocycles. The Balaban J connectivity index is 2.10. The van der Waals surface area contributed by atoms with Gasteiger partial charge in [-0.25, -0.2) is 0 Å². The van der Waals surface area contributed by atoms with Crippen LogP contribution in [0.15, 0.2) is 35.1 Å². The molecule has 26 heavy (non-hydrogen) atoms. The van der Waals surface area contributed by atoms with Gasteiger partial charge in [0.25, 0.3) is 11.5 Å². The number of carbonyl (C=O) groups is 2. The minimum atomic E-state index is -0.526. The number of aromatic amines is 1. The van der Waals surface area contributed by atoms with E-state index < -0.39 is 5.41 Å². The molecular formula is C20H25N3O3. The van der Waals surface area contributed by atoms with E-state index in [9.17, 15) is 14.4 Å². The quantitative estimate of drug-likeness (QED) is 0.787. The number of pyridine rings is 1. The Kier molecular flexibility index (Phi) is 5.65. The number of hydrogen-bond acceptors (Lipinski definition) is 3. The van der Waals surface area contributed by atoms with E-state index in [1.807, 2.05) is 40.7 Å². The summed E-state index contributed by atoms with van der Waals surface area (Å²) < 4.78 is 0. The van der Waals surface area contributed by atoms with Gasteiger partial charge in [-0.05, 0) is 43.7 Å². The lowest BCUT2D eigenvalue weighted by Gasteiger charge is -2.18. The number of rotatable bonds is 4. The molecule has 0 saturated heterocycles. The van der Waals surface area contributed by atoms with Gasteiger partial charge in [0.15, 0.2) is 0 Å². The van der Waals surface area contributed by atoms with Gasteiger partial charge in [0.05, 0.1) is 0 Å². The molecule has 0 spiro atoms. The first kappa shape index (κ1) is 19.4. The van der Waals surface area contributed by atoms with E-state index in [1.165, 1.54) is 0 Å². The molecule has 0 unspecified atom stereocenters. The Bertz CT molecular complexity index is 892. The average molecular weight is 355 g/mol. The largest absolute Gasteiger partial charge is 0.348 e. The summed E-state index contributed by atoms with van der Waals surface area (Å²) in [4.78, 5) is 39.2. The monoisotopic (exact) mass is 355 g/mol. The van der Waals surface area contributed by atoms with Crippen LogP contribution in [0.1, 0.15) is 48.0 Å². The molecule has 0 atom stereocenters. The highest BCUT2D eigenvalue weighted by molar-refractivity contribution is 5.98. The molecule has 3 N–H and O–H groups in total. The Labute approximate surface area is 153 Å². The fraction of sp³-hybridized carbons (Fsp3) is 0.350. The summed E-state index contributed by atoms with van der Waals surface area (Å²) >= 11 is 0. The van der Waals surface area contributed by atoms with Crippen molar-refractivity contribution >= 4 is 17.5 Å². The van der Waals surface area contributed by atoms with Crippen molar-refractivity contribution in [2.24, 2.45) is 5.41 Å². The van der Waals surface area contributed by atoms with Crippen LogP contribution in [-0.4, -0.2) is 16.8 Å². The average Bonchev–Trinajstić information content (AvgIpc) is 2.53. The van der Waals surface area contributed by atoms with Gasteiger partial charge in [-0.2, -0.15) is 0 Å². The minimum Gasteiger partial charge on any atom is -0.348 e. The topological polar surface area (TPSA) is 91.1 Å². The van der Waals surface area contributed by atoms with Gasteiger partial charge in [-0.15, -0.1) is 0 Å². The van der Waals surface area contributed by atoms with Gasteiger partial charge >= 0.3 is 0 Å². The minimum absolute atomic E-state index is 0.128. The molecule has 6 nitrogen and oxygen atoms in total. The van der Waals surface area contributed by atoms with Crippen LogP contribution >= 0.6 is 0 Å². The molecule has 1 aromatic carbocycles. The summed E-state index contributed by atoms with van der Waals surface area (Å²) in [6.45, 7) is 9.25. The Morgan fingerprint density at radius 3 is 2.42 bits per heavy atom. The van der Waals surface area contributed by atoms with Gasteiger partial charge in [0.2, 0.25) is 5.91 Å². The van der Waals surface area contributed by atoms with E-state index in [0.29, 0.717) is 16.8 Å². The number of H-pyrrole nitrogens is 1. The Morgan fingerprint density at radius 2 is 1.81 bits per heavy atom. The molecular weight excluding hydrogens is 330 g/mol.